The van der Waals surface area contributed by atoms with Crippen LogP contribution in [0.4, 0.5) is 11.4 Å². The molecule has 2 rings (SSSR count). The Morgan fingerprint density at radius 1 is 1.19 bits per heavy atom. The molecule has 0 fully saturated rings. The van der Waals surface area contributed by atoms with E-state index in [-0.39, 0.29) is 0 Å². The Morgan fingerprint density at radius 3 is 2.54 bits per heavy atom. The van der Waals surface area contributed by atoms with Gasteiger partial charge in [-0.25, -0.2) is 8.42 Å². The van der Waals surface area contributed by atoms with E-state index in [2.05, 4.69) is 10.6 Å². The molecule has 0 aliphatic heterocycles. The van der Waals surface area contributed by atoms with E-state index >= 15 is 0 Å². The van der Waals surface area contributed by atoms with Gasteiger partial charge in [-0.1, -0.05) is 23.8 Å². The normalized spacial score (nSPS) is 10.9. The first-order chi connectivity index (χ1) is 12.3. The molecule has 2 N–H and O–H groups in total. The number of thiocarbonyl (C=S) groups is 1. The molecular formula is C18H23N3O3S2. The van der Waals surface area contributed by atoms with E-state index in [1.165, 1.54) is 16.9 Å². The van der Waals surface area contributed by atoms with Gasteiger partial charge in [0.1, 0.15) is 12.4 Å². The van der Waals surface area contributed by atoms with E-state index in [4.69, 9.17) is 17.0 Å². The Kier molecular flexibility index (Phi) is 6.82. The van der Waals surface area contributed by atoms with Gasteiger partial charge in [0.15, 0.2) is 5.11 Å². The molecule has 0 radical (unpaired) electrons. The molecule has 140 valence electrons. The standard InChI is InChI=1S/C18H23N3O3S2/c1-14-7-9-17(10-8-14)24-12-11-19-18(25)20-15-5-4-6-16(13-15)21(2)26(3,22)23/h4-10,13H,11-12H2,1-3H3,(H2,19,20,25). The lowest BCUT2D eigenvalue weighted by molar-refractivity contribution is 0.322. The van der Waals surface area contributed by atoms with Crippen LogP contribution in [0.3, 0.4) is 0 Å². The zero-order chi connectivity index (χ0) is 19.2. The summed E-state index contributed by atoms with van der Waals surface area (Å²) in [6.07, 6.45) is 1.16. The van der Waals surface area contributed by atoms with Crippen LogP contribution in [0.2, 0.25) is 0 Å². The van der Waals surface area contributed by atoms with Gasteiger partial charge in [-0.15, -0.1) is 0 Å². The lowest BCUT2D eigenvalue weighted by Gasteiger charge is -2.18. The number of nitrogens with zero attached hydrogens (tertiary/aromatic N) is 1. The minimum atomic E-state index is -3.31. The molecule has 6 nitrogen and oxygen atoms in total. The van der Waals surface area contributed by atoms with Gasteiger partial charge in [-0.05, 0) is 49.5 Å². The lowest BCUT2D eigenvalue weighted by Crippen LogP contribution is -2.32. The van der Waals surface area contributed by atoms with Crippen LogP contribution in [-0.2, 0) is 10.0 Å². The van der Waals surface area contributed by atoms with Crippen LogP contribution in [0.1, 0.15) is 5.56 Å². The number of benzene rings is 2. The van der Waals surface area contributed by atoms with Crippen LogP contribution in [0.25, 0.3) is 0 Å². The van der Waals surface area contributed by atoms with Gasteiger partial charge in [0, 0.05) is 12.7 Å². The average molecular weight is 394 g/mol. The van der Waals surface area contributed by atoms with Gasteiger partial charge in [-0.2, -0.15) is 0 Å². The maximum Gasteiger partial charge on any atom is 0.231 e. The maximum atomic E-state index is 11.6. The van der Waals surface area contributed by atoms with E-state index in [0.717, 1.165) is 12.0 Å². The van der Waals surface area contributed by atoms with E-state index in [1.807, 2.05) is 37.3 Å². The molecule has 0 saturated carbocycles. The van der Waals surface area contributed by atoms with Crippen LogP contribution in [0.5, 0.6) is 5.75 Å². The van der Waals surface area contributed by atoms with Gasteiger partial charge >= 0.3 is 0 Å². The van der Waals surface area contributed by atoms with E-state index in [9.17, 15) is 8.42 Å². The molecule has 8 heteroatoms. The Balaban J connectivity index is 1.81. The maximum absolute atomic E-state index is 11.6. The number of rotatable bonds is 7. The predicted octanol–water partition coefficient (Wildman–Crippen LogP) is 2.76. The molecule has 26 heavy (non-hydrogen) atoms. The van der Waals surface area contributed by atoms with Crippen molar-refractivity contribution in [3.8, 4) is 5.75 Å². The second kappa shape index (κ2) is 8.86. The first-order valence-electron chi connectivity index (χ1n) is 8.04. The van der Waals surface area contributed by atoms with Crippen LogP contribution in [0.15, 0.2) is 48.5 Å². The predicted molar refractivity (Wildman–Crippen MR) is 111 cm³/mol. The highest BCUT2D eigenvalue weighted by atomic mass is 32.2. The fourth-order valence-electron chi connectivity index (χ4n) is 2.11. The third-order valence-electron chi connectivity index (χ3n) is 3.64. The van der Waals surface area contributed by atoms with Gasteiger partial charge in [0.05, 0.1) is 18.5 Å². The quantitative estimate of drug-likeness (QED) is 0.557. The Labute approximate surface area is 160 Å². The van der Waals surface area contributed by atoms with Crippen molar-refractivity contribution in [2.24, 2.45) is 0 Å². The molecule has 0 aliphatic rings. The summed E-state index contributed by atoms with van der Waals surface area (Å²) in [5.41, 5.74) is 2.45. The summed E-state index contributed by atoms with van der Waals surface area (Å²) < 4.78 is 30.1. The second-order valence-corrected chi connectivity index (χ2v) is 8.25. The molecule has 0 spiro atoms. The molecule has 2 aromatic rings. The number of anilines is 2. The first-order valence-corrected chi connectivity index (χ1v) is 10.3. The van der Waals surface area contributed by atoms with Crippen molar-refractivity contribution >= 4 is 38.7 Å². The van der Waals surface area contributed by atoms with Crippen molar-refractivity contribution in [3.63, 3.8) is 0 Å². The number of hydrogen-bond acceptors (Lipinski definition) is 4. The average Bonchev–Trinajstić information content (AvgIpc) is 2.59. The molecule has 0 aromatic heterocycles. The lowest BCUT2D eigenvalue weighted by atomic mass is 10.2. The molecule has 0 amide bonds. The third kappa shape index (κ3) is 6.20. The number of nitrogens with one attached hydrogen (secondary N) is 2. The summed E-state index contributed by atoms with van der Waals surface area (Å²) in [6.45, 7) is 3.04. The van der Waals surface area contributed by atoms with Crippen molar-refractivity contribution in [1.29, 1.82) is 0 Å². The molecule has 2 aromatic carbocycles. The largest absolute Gasteiger partial charge is 0.492 e. The summed E-state index contributed by atoms with van der Waals surface area (Å²) in [7, 11) is -1.80. The minimum Gasteiger partial charge on any atom is -0.492 e. The van der Waals surface area contributed by atoms with Crippen molar-refractivity contribution in [2.45, 2.75) is 6.92 Å². The second-order valence-electron chi connectivity index (χ2n) is 5.82. The number of aryl methyl sites for hydroxylation is 1. The number of ether oxygens (including phenoxy) is 1. The molecule has 0 atom stereocenters. The minimum absolute atomic E-state index is 0.441. The number of hydrogen-bond donors (Lipinski definition) is 2. The van der Waals surface area contributed by atoms with Crippen molar-refractivity contribution in [2.75, 3.05) is 36.1 Å². The van der Waals surface area contributed by atoms with Crippen LogP contribution in [-0.4, -0.2) is 40.0 Å². The summed E-state index contributed by atoms with van der Waals surface area (Å²) in [6, 6.07) is 14.9. The Bertz CT molecular complexity index is 852. The van der Waals surface area contributed by atoms with Gasteiger partial charge < -0.3 is 15.4 Å². The van der Waals surface area contributed by atoms with Crippen molar-refractivity contribution in [3.05, 3.63) is 54.1 Å². The van der Waals surface area contributed by atoms with Gasteiger partial charge in [0.25, 0.3) is 0 Å². The zero-order valence-corrected chi connectivity index (χ0v) is 16.7. The van der Waals surface area contributed by atoms with Gasteiger partial charge in [0.2, 0.25) is 10.0 Å². The molecule has 0 saturated heterocycles. The highest BCUT2D eigenvalue weighted by Crippen LogP contribution is 2.20. The zero-order valence-electron chi connectivity index (χ0n) is 15.0. The van der Waals surface area contributed by atoms with E-state index < -0.39 is 10.0 Å². The monoisotopic (exact) mass is 393 g/mol. The number of sulfonamides is 1. The van der Waals surface area contributed by atoms with Gasteiger partial charge in [-0.3, -0.25) is 4.31 Å². The molecule has 0 bridgehead atoms. The fourth-order valence-corrected chi connectivity index (χ4v) is 2.83. The third-order valence-corrected chi connectivity index (χ3v) is 5.09. The highest BCUT2D eigenvalue weighted by Gasteiger charge is 2.12. The first kappa shape index (κ1) is 20.0. The van der Waals surface area contributed by atoms with Crippen LogP contribution in [0, 0.1) is 6.92 Å². The summed E-state index contributed by atoms with van der Waals surface area (Å²) in [5, 5.41) is 6.53. The smallest absolute Gasteiger partial charge is 0.231 e. The fraction of sp³-hybridized carbons (Fsp3) is 0.278. The topological polar surface area (TPSA) is 70.7 Å². The van der Waals surface area contributed by atoms with Crippen molar-refractivity contribution < 1.29 is 13.2 Å². The summed E-state index contributed by atoms with van der Waals surface area (Å²) in [5.74, 6) is 0.813. The van der Waals surface area contributed by atoms with Crippen molar-refractivity contribution in [1.82, 2.24) is 5.32 Å². The molecule has 0 unspecified atom stereocenters. The van der Waals surface area contributed by atoms with Crippen LogP contribution < -0.4 is 19.7 Å². The molecular weight excluding hydrogens is 370 g/mol. The van der Waals surface area contributed by atoms with E-state index in [1.54, 1.807) is 18.2 Å². The van der Waals surface area contributed by atoms with E-state index in [0.29, 0.717) is 29.6 Å². The highest BCUT2D eigenvalue weighted by molar-refractivity contribution is 7.92. The molecule has 0 aliphatic carbocycles. The molecule has 0 heterocycles. The Hall–Kier alpha value is -2.32. The Morgan fingerprint density at radius 2 is 1.88 bits per heavy atom. The summed E-state index contributed by atoms with van der Waals surface area (Å²) in [4.78, 5) is 0. The SMILES string of the molecule is Cc1ccc(OCCNC(=S)Nc2cccc(N(C)S(C)(=O)=O)c2)cc1. The van der Waals surface area contributed by atoms with Crippen LogP contribution >= 0.6 is 12.2 Å². The summed E-state index contributed by atoms with van der Waals surface area (Å²) >= 11 is 5.26.